The van der Waals surface area contributed by atoms with Crippen molar-refractivity contribution in [3.63, 3.8) is 0 Å². The van der Waals surface area contributed by atoms with Crippen molar-refractivity contribution in [2.24, 2.45) is 5.41 Å². The monoisotopic (exact) mass is 268 g/mol. The Balaban J connectivity index is 2.78. The topological polar surface area (TPSA) is 114 Å². The third-order valence-corrected chi connectivity index (χ3v) is 3.58. The highest BCUT2D eigenvalue weighted by atomic mass is 16.6. The standard InChI is InChI=1S/C12H20N4O3/c1-3-12(4-2,8-17)7-14-10-6-5-9(16(18)19)11(13)15-10/h5-6,17H,3-4,7-8H2,1-2H3,(H3,13,14,15). The summed E-state index contributed by atoms with van der Waals surface area (Å²) in [5, 5.41) is 23.1. The number of rotatable bonds is 7. The van der Waals surface area contributed by atoms with Crippen LogP contribution in [0.5, 0.6) is 0 Å². The van der Waals surface area contributed by atoms with Crippen molar-refractivity contribution in [3.8, 4) is 0 Å². The van der Waals surface area contributed by atoms with Crippen LogP contribution in [0.3, 0.4) is 0 Å². The highest BCUT2D eigenvalue weighted by Crippen LogP contribution is 2.27. The molecule has 0 saturated carbocycles. The Hall–Kier alpha value is -1.89. The Morgan fingerprint density at radius 3 is 2.53 bits per heavy atom. The van der Waals surface area contributed by atoms with E-state index in [0.29, 0.717) is 12.4 Å². The third-order valence-electron chi connectivity index (χ3n) is 3.58. The summed E-state index contributed by atoms with van der Waals surface area (Å²) in [5.74, 6) is 0.362. The van der Waals surface area contributed by atoms with E-state index in [1.807, 2.05) is 13.8 Å². The molecule has 106 valence electrons. The summed E-state index contributed by atoms with van der Waals surface area (Å²) in [6.45, 7) is 4.65. The third kappa shape index (κ3) is 3.54. The molecule has 0 aliphatic heterocycles. The predicted molar refractivity (Wildman–Crippen MR) is 73.9 cm³/mol. The average molecular weight is 268 g/mol. The second-order valence-electron chi connectivity index (χ2n) is 4.58. The number of nitrogens with two attached hydrogens (primary N) is 1. The Labute approximate surface area is 112 Å². The van der Waals surface area contributed by atoms with E-state index in [1.165, 1.54) is 12.1 Å². The highest BCUT2D eigenvalue weighted by molar-refractivity contribution is 5.57. The predicted octanol–water partition coefficient (Wildman–Crippen LogP) is 1.78. The summed E-state index contributed by atoms with van der Waals surface area (Å²) >= 11 is 0. The van der Waals surface area contributed by atoms with E-state index in [4.69, 9.17) is 5.73 Å². The molecule has 1 rings (SSSR count). The number of hydrogen-bond donors (Lipinski definition) is 3. The zero-order valence-corrected chi connectivity index (χ0v) is 11.2. The number of aliphatic hydroxyl groups is 1. The summed E-state index contributed by atoms with van der Waals surface area (Å²) in [7, 11) is 0. The number of aliphatic hydroxyl groups excluding tert-OH is 1. The average Bonchev–Trinajstić information content (AvgIpc) is 2.40. The van der Waals surface area contributed by atoms with Crippen molar-refractivity contribution in [1.82, 2.24) is 4.98 Å². The first-order valence-electron chi connectivity index (χ1n) is 6.23. The molecule has 0 aliphatic carbocycles. The van der Waals surface area contributed by atoms with Crippen LogP contribution in [0.25, 0.3) is 0 Å². The van der Waals surface area contributed by atoms with E-state index in [-0.39, 0.29) is 23.5 Å². The Morgan fingerprint density at radius 2 is 2.11 bits per heavy atom. The van der Waals surface area contributed by atoms with Gasteiger partial charge in [0.2, 0.25) is 5.82 Å². The summed E-state index contributed by atoms with van der Waals surface area (Å²) in [4.78, 5) is 14.0. The lowest BCUT2D eigenvalue weighted by Crippen LogP contribution is -2.32. The summed E-state index contributed by atoms with van der Waals surface area (Å²) in [6, 6.07) is 2.84. The van der Waals surface area contributed by atoms with Gasteiger partial charge in [-0.1, -0.05) is 13.8 Å². The van der Waals surface area contributed by atoms with E-state index in [9.17, 15) is 15.2 Å². The molecule has 7 heteroatoms. The molecule has 0 aromatic carbocycles. The second-order valence-corrected chi connectivity index (χ2v) is 4.58. The molecular formula is C12H20N4O3. The molecule has 0 fully saturated rings. The minimum absolute atomic E-state index is 0.0788. The first-order valence-corrected chi connectivity index (χ1v) is 6.23. The molecule has 0 saturated heterocycles. The minimum atomic E-state index is -0.567. The molecule has 0 atom stereocenters. The van der Waals surface area contributed by atoms with Crippen LogP contribution in [0, 0.1) is 15.5 Å². The van der Waals surface area contributed by atoms with Crippen molar-refractivity contribution < 1.29 is 10.0 Å². The second kappa shape index (κ2) is 6.33. The lowest BCUT2D eigenvalue weighted by atomic mass is 9.83. The normalized spacial score (nSPS) is 11.3. The lowest BCUT2D eigenvalue weighted by molar-refractivity contribution is -0.384. The first kappa shape index (κ1) is 15.2. The van der Waals surface area contributed by atoms with Gasteiger partial charge in [-0.15, -0.1) is 0 Å². The number of nitrogens with one attached hydrogen (secondary N) is 1. The van der Waals surface area contributed by atoms with Gasteiger partial charge in [0.1, 0.15) is 5.82 Å². The molecule has 1 heterocycles. The fraction of sp³-hybridized carbons (Fsp3) is 0.583. The molecule has 7 nitrogen and oxygen atoms in total. The first-order chi connectivity index (χ1) is 8.98. The van der Waals surface area contributed by atoms with Crippen LogP contribution in [0.1, 0.15) is 26.7 Å². The highest BCUT2D eigenvalue weighted by Gasteiger charge is 2.25. The number of nitrogens with zero attached hydrogens (tertiary/aromatic N) is 2. The molecule has 0 spiro atoms. The number of aromatic nitrogens is 1. The molecule has 1 aromatic rings. The number of hydrogen-bond acceptors (Lipinski definition) is 6. The van der Waals surface area contributed by atoms with Crippen LogP contribution in [0.4, 0.5) is 17.3 Å². The van der Waals surface area contributed by atoms with Crippen LogP contribution in [-0.2, 0) is 0 Å². The maximum Gasteiger partial charge on any atom is 0.311 e. The molecule has 0 aliphatic rings. The Kier molecular flexibility index (Phi) is 5.05. The quantitative estimate of drug-likeness (QED) is 0.513. The number of nitro groups is 1. The maximum atomic E-state index is 10.6. The van der Waals surface area contributed by atoms with E-state index >= 15 is 0 Å². The molecular weight excluding hydrogens is 248 g/mol. The van der Waals surface area contributed by atoms with Gasteiger partial charge in [0.25, 0.3) is 0 Å². The van der Waals surface area contributed by atoms with E-state index in [0.717, 1.165) is 12.8 Å². The Bertz CT molecular complexity index is 438. The number of pyridine rings is 1. The van der Waals surface area contributed by atoms with Crippen LogP contribution in [0.15, 0.2) is 12.1 Å². The molecule has 0 unspecified atom stereocenters. The van der Waals surface area contributed by atoms with Gasteiger partial charge in [0.15, 0.2) is 0 Å². The van der Waals surface area contributed by atoms with Crippen molar-refractivity contribution in [2.75, 3.05) is 24.2 Å². The number of nitrogen functional groups attached to an aromatic ring is 1. The van der Waals surface area contributed by atoms with Crippen molar-refractivity contribution in [3.05, 3.63) is 22.2 Å². The summed E-state index contributed by atoms with van der Waals surface area (Å²) < 4.78 is 0. The van der Waals surface area contributed by atoms with Crippen molar-refractivity contribution in [1.29, 1.82) is 0 Å². The molecule has 19 heavy (non-hydrogen) atoms. The molecule has 0 radical (unpaired) electrons. The minimum Gasteiger partial charge on any atom is -0.396 e. The smallest absolute Gasteiger partial charge is 0.311 e. The maximum absolute atomic E-state index is 10.6. The van der Waals surface area contributed by atoms with Crippen LogP contribution in [0.2, 0.25) is 0 Å². The van der Waals surface area contributed by atoms with Gasteiger partial charge in [0, 0.05) is 18.0 Å². The van der Waals surface area contributed by atoms with Crippen LogP contribution < -0.4 is 11.1 Å². The van der Waals surface area contributed by atoms with Crippen LogP contribution in [-0.4, -0.2) is 28.2 Å². The van der Waals surface area contributed by atoms with E-state index in [2.05, 4.69) is 10.3 Å². The van der Waals surface area contributed by atoms with Gasteiger partial charge in [-0.05, 0) is 18.9 Å². The summed E-state index contributed by atoms with van der Waals surface area (Å²) in [6.07, 6.45) is 1.66. The van der Waals surface area contributed by atoms with E-state index in [1.54, 1.807) is 0 Å². The van der Waals surface area contributed by atoms with Crippen molar-refractivity contribution in [2.45, 2.75) is 26.7 Å². The van der Waals surface area contributed by atoms with Gasteiger partial charge >= 0.3 is 5.69 Å². The van der Waals surface area contributed by atoms with Gasteiger partial charge in [-0.25, -0.2) is 4.98 Å². The fourth-order valence-corrected chi connectivity index (χ4v) is 1.78. The molecule has 0 amide bonds. The van der Waals surface area contributed by atoms with Gasteiger partial charge in [-0.2, -0.15) is 0 Å². The largest absolute Gasteiger partial charge is 0.396 e. The van der Waals surface area contributed by atoms with Crippen molar-refractivity contribution >= 4 is 17.3 Å². The van der Waals surface area contributed by atoms with E-state index < -0.39 is 4.92 Å². The molecule has 0 bridgehead atoms. The lowest BCUT2D eigenvalue weighted by Gasteiger charge is -2.29. The molecule has 4 N–H and O–H groups in total. The van der Waals surface area contributed by atoms with Gasteiger partial charge in [-0.3, -0.25) is 10.1 Å². The Morgan fingerprint density at radius 1 is 1.47 bits per heavy atom. The fourth-order valence-electron chi connectivity index (χ4n) is 1.78. The SMILES string of the molecule is CCC(CC)(CO)CNc1ccc([N+](=O)[O-])c(N)n1. The number of anilines is 2. The molecule has 1 aromatic heterocycles. The van der Waals surface area contributed by atoms with Gasteiger partial charge < -0.3 is 16.2 Å². The van der Waals surface area contributed by atoms with Gasteiger partial charge in [0.05, 0.1) is 11.5 Å². The van der Waals surface area contributed by atoms with Crippen LogP contribution >= 0.6 is 0 Å². The zero-order valence-electron chi connectivity index (χ0n) is 11.2. The summed E-state index contributed by atoms with van der Waals surface area (Å²) in [5.41, 5.74) is 5.10. The zero-order chi connectivity index (χ0) is 14.5.